The van der Waals surface area contributed by atoms with Crippen LogP contribution >= 0.6 is 0 Å². The molecule has 0 N–H and O–H groups in total. The highest BCUT2D eigenvalue weighted by Gasteiger charge is 2.29. The van der Waals surface area contributed by atoms with Crippen molar-refractivity contribution in [3.63, 3.8) is 0 Å². The van der Waals surface area contributed by atoms with Gasteiger partial charge in [0.2, 0.25) is 0 Å². The molecule has 11 heteroatoms. The smallest absolute Gasteiger partial charge is 0.147 e. The third-order valence-electron chi connectivity index (χ3n) is 28.2. The average Bonchev–Trinajstić information content (AvgIpc) is 1.58. The van der Waals surface area contributed by atoms with Crippen molar-refractivity contribution in [3.8, 4) is 89.0 Å². The quantitative estimate of drug-likeness (QED) is 0.0947. The standard InChI is InChI=1S/C48H31NO2.C43H26F3NO.C43H29NO2/c1-3-11-32(12-4-1)34-21-25-37(26-22-34)49(38-27-23-35(24-28-38)33-13-5-2-6-14-33)39-16-9-15-36(31-39)40-18-10-19-41-42-29-30-45-46(48(42)51-47(40)41)43-17-7-8-20-44(43)50-45;44-28-23-38(45)42(39(46)24-28)27-15-19-31(20-16-27)47(29-7-2-1-3-8-29)30-17-13-26(14-18-30)32-10-6-11-33-34-21-22-41-43(37(34)25-36(32)33)35-9-4-5-12-40(35)48-41;1-28-14-16-29(17-15-28)30-18-22-33(23-19-30)44(32-8-3-2-4-9-32)34-24-20-31(21-25-34)35-11-7-12-36-37-26-27-40-41(43(37)46-42(35)36)38-10-5-6-13-39(38)45-40/h1-31H;1-24H,25H2;2-27H,1H3. The second kappa shape index (κ2) is 36.3. The van der Waals surface area contributed by atoms with Crippen molar-refractivity contribution in [1.29, 1.82) is 0 Å². The van der Waals surface area contributed by atoms with Gasteiger partial charge in [0, 0.05) is 124 Å². The fraction of sp³-hybridized carbons (Fsp3) is 0.0149. The minimum Gasteiger partial charge on any atom is -0.456 e. The predicted molar refractivity (Wildman–Crippen MR) is 591 cm³/mol. The van der Waals surface area contributed by atoms with Crippen LogP contribution < -0.4 is 14.7 Å². The van der Waals surface area contributed by atoms with Crippen molar-refractivity contribution in [2.75, 3.05) is 14.7 Å². The molecule has 0 unspecified atom stereocenters. The Balaban J connectivity index is 0.000000111. The molecule has 688 valence electrons. The third-order valence-corrected chi connectivity index (χ3v) is 28.2. The summed E-state index contributed by atoms with van der Waals surface area (Å²) in [5.74, 6) is -2.82. The Morgan fingerprint density at radius 2 is 0.483 bits per heavy atom. The molecular weight excluding hydrogens is 1790 g/mol. The van der Waals surface area contributed by atoms with Gasteiger partial charge in [-0.15, -0.1) is 0 Å². The Labute approximate surface area is 833 Å². The molecule has 145 heavy (non-hydrogen) atoms. The van der Waals surface area contributed by atoms with Crippen LogP contribution in [0.25, 0.3) is 199 Å². The van der Waals surface area contributed by atoms with Gasteiger partial charge in [-0.2, -0.15) is 0 Å². The molecule has 0 spiro atoms. The molecule has 5 heterocycles. The molecule has 0 saturated carbocycles. The molecule has 5 aromatic heterocycles. The maximum Gasteiger partial charge on any atom is 0.147 e. The summed E-state index contributed by atoms with van der Waals surface area (Å²) < 4.78 is 74.7. The second-order valence-corrected chi connectivity index (χ2v) is 36.8. The molecule has 0 radical (unpaired) electrons. The van der Waals surface area contributed by atoms with E-state index < -0.39 is 17.5 Å². The molecule has 8 nitrogen and oxygen atoms in total. The monoisotopic (exact) mass is 1870 g/mol. The molecule has 0 saturated heterocycles. The number of anilines is 9. The highest BCUT2D eigenvalue weighted by Crippen LogP contribution is 2.51. The first kappa shape index (κ1) is 86.4. The van der Waals surface area contributed by atoms with E-state index in [2.05, 4.69) is 398 Å². The topological polar surface area (TPSA) is 75.4 Å². The molecule has 0 bridgehead atoms. The molecule has 0 fully saturated rings. The summed E-state index contributed by atoms with van der Waals surface area (Å²) in [7, 11) is 0. The normalized spacial score (nSPS) is 11.7. The Morgan fingerprint density at radius 3 is 0.938 bits per heavy atom. The molecule has 28 rings (SSSR count). The zero-order valence-electron chi connectivity index (χ0n) is 78.5. The largest absolute Gasteiger partial charge is 0.456 e. The molecule has 1 aliphatic carbocycles. The van der Waals surface area contributed by atoms with Crippen LogP contribution in [0.2, 0.25) is 0 Å². The van der Waals surface area contributed by atoms with Crippen LogP contribution in [0, 0.1) is 24.4 Å². The van der Waals surface area contributed by atoms with Crippen LogP contribution in [0.4, 0.5) is 64.4 Å². The number of aryl methyl sites for hydroxylation is 1. The van der Waals surface area contributed by atoms with Crippen LogP contribution in [0.15, 0.2) is 513 Å². The van der Waals surface area contributed by atoms with E-state index >= 15 is 0 Å². The number of fused-ring (bicyclic) bond motifs is 21. The van der Waals surface area contributed by atoms with Crippen molar-refractivity contribution >= 4 is 161 Å². The van der Waals surface area contributed by atoms with Crippen LogP contribution in [0.5, 0.6) is 0 Å². The maximum atomic E-state index is 14.5. The summed E-state index contributed by atoms with van der Waals surface area (Å²) in [4.78, 5) is 6.72. The van der Waals surface area contributed by atoms with E-state index in [0.717, 1.165) is 190 Å². The van der Waals surface area contributed by atoms with Gasteiger partial charge in [0.15, 0.2) is 0 Å². The Morgan fingerprint density at radius 1 is 0.186 bits per heavy atom. The molecule has 0 amide bonds. The lowest BCUT2D eigenvalue weighted by Gasteiger charge is -2.26. The number of furan rings is 5. The molecule has 27 aromatic rings. The van der Waals surface area contributed by atoms with E-state index in [-0.39, 0.29) is 5.56 Å². The zero-order chi connectivity index (χ0) is 96.7. The molecule has 1 aliphatic rings. The van der Waals surface area contributed by atoms with Gasteiger partial charge >= 0.3 is 0 Å². The summed E-state index contributed by atoms with van der Waals surface area (Å²) in [5.41, 5.74) is 38.1. The number of hydrogen-bond donors (Lipinski definition) is 0. The summed E-state index contributed by atoms with van der Waals surface area (Å²) in [6.07, 6.45) is 0.821. The number of para-hydroxylation sites is 7. The summed E-state index contributed by atoms with van der Waals surface area (Å²) in [6, 6.07) is 167. The van der Waals surface area contributed by atoms with Crippen molar-refractivity contribution in [3.05, 3.63) is 526 Å². The van der Waals surface area contributed by atoms with Gasteiger partial charge in [-0.3, -0.25) is 0 Å². The summed E-state index contributed by atoms with van der Waals surface area (Å²) >= 11 is 0. The third kappa shape index (κ3) is 15.7. The zero-order valence-corrected chi connectivity index (χ0v) is 78.5. The van der Waals surface area contributed by atoms with E-state index in [4.69, 9.17) is 22.1 Å². The number of benzene rings is 22. The van der Waals surface area contributed by atoms with E-state index in [1.165, 1.54) is 72.1 Å². The Hall–Kier alpha value is -19.0. The Kier molecular flexibility index (Phi) is 21.7. The van der Waals surface area contributed by atoms with Crippen LogP contribution in [-0.2, 0) is 6.42 Å². The van der Waals surface area contributed by atoms with Crippen molar-refractivity contribution in [2.24, 2.45) is 0 Å². The number of rotatable bonds is 16. The number of nitrogens with zero attached hydrogens (tertiary/aromatic N) is 3. The van der Waals surface area contributed by atoms with Gasteiger partial charge in [-0.25, -0.2) is 13.2 Å². The lowest BCUT2D eigenvalue weighted by atomic mass is 9.95. The molecule has 22 aromatic carbocycles. The molecular formula is C134H86F3N3O5. The van der Waals surface area contributed by atoms with Gasteiger partial charge in [0.25, 0.3) is 0 Å². The SMILES string of the molecule is Cc1ccc(-c2ccc(N(c3ccccc3)c3ccc(-c4cccc5c4oc4c5ccc5oc6ccccc6c54)cc3)cc2)cc1.Fc1cc(F)c(-c2ccc(N(c3ccccc3)c3ccc(-c4cccc5c4Cc4c-5ccc5oc6ccccc6c45)cc3)cc2)c(F)c1.c1ccc(-c2ccc(N(c3ccc(-c4ccccc4)cc3)c3cccc(-c4cccc5c4oc4c5ccc5oc6ccccc6c54)c3)cc2)cc1. The van der Waals surface area contributed by atoms with Crippen molar-refractivity contribution in [1.82, 2.24) is 0 Å². The van der Waals surface area contributed by atoms with Gasteiger partial charge < -0.3 is 36.8 Å². The number of hydrogen-bond acceptors (Lipinski definition) is 8. The highest BCUT2D eigenvalue weighted by atomic mass is 19.1. The van der Waals surface area contributed by atoms with E-state index in [9.17, 15) is 13.2 Å². The van der Waals surface area contributed by atoms with Crippen molar-refractivity contribution < 1.29 is 35.3 Å². The Bertz CT molecular complexity index is 9490. The van der Waals surface area contributed by atoms with Crippen LogP contribution in [0.1, 0.15) is 16.7 Å². The van der Waals surface area contributed by atoms with Gasteiger partial charge in [0.1, 0.15) is 73.3 Å². The van der Waals surface area contributed by atoms with E-state index in [1.54, 1.807) is 12.1 Å². The van der Waals surface area contributed by atoms with Gasteiger partial charge in [-0.1, -0.05) is 327 Å². The summed E-state index contributed by atoms with van der Waals surface area (Å²) in [5, 5.41) is 10.9. The van der Waals surface area contributed by atoms with E-state index in [0.29, 0.717) is 17.7 Å². The minimum atomic E-state index is -0.946. The highest BCUT2D eigenvalue weighted by molar-refractivity contribution is 6.25. The fourth-order valence-electron chi connectivity index (χ4n) is 21.3. The van der Waals surface area contributed by atoms with Gasteiger partial charge in [0.05, 0.1) is 16.3 Å². The first-order valence-corrected chi connectivity index (χ1v) is 48.6. The number of halogens is 3. The van der Waals surface area contributed by atoms with Gasteiger partial charge in [-0.05, 0) is 248 Å². The first-order chi connectivity index (χ1) is 71.5. The lowest BCUT2D eigenvalue weighted by Crippen LogP contribution is -2.10. The van der Waals surface area contributed by atoms with Crippen molar-refractivity contribution in [2.45, 2.75) is 13.3 Å². The predicted octanol–water partition coefficient (Wildman–Crippen LogP) is 38.9. The second-order valence-electron chi connectivity index (χ2n) is 36.8. The minimum absolute atomic E-state index is 0.252. The maximum absolute atomic E-state index is 14.5. The summed E-state index contributed by atoms with van der Waals surface area (Å²) in [6.45, 7) is 2.12. The molecule has 0 aliphatic heterocycles. The lowest BCUT2D eigenvalue weighted by molar-refractivity contribution is 0.548. The molecule has 0 atom stereocenters. The van der Waals surface area contributed by atoms with Crippen LogP contribution in [-0.4, -0.2) is 0 Å². The first-order valence-electron chi connectivity index (χ1n) is 48.6. The average molecular weight is 1880 g/mol. The van der Waals surface area contributed by atoms with Crippen LogP contribution in [0.3, 0.4) is 0 Å². The fourth-order valence-corrected chi connectivity index (χ4v) is 21.3. The van der Waals surface area contributed by atoms with E-state index in [1.807, 2.05) is 91.0 Å².